The summed E-state index contributed by atoms with van der Waals surface area (Å²) >= 11 is 6.51. The molecule has 0 aliphatic carbocycles. The van der Waals surface area contributed by atoms with E-state index in [9.17, 15) is 14.4 Å². The van der Waals surface area contributed by atoms with Gasteiger partial charge in [-0.25, -0.2) is 9.97 Å². The molecule has 2 amide bonds. The first kappa shape index (κ1) is 31.2. The lowest BCUT2D eigenvalue weighted by atomic mass is 9.96. The van der Waals surface area contributed by atoms with Crippen molar-refractivity contribution in [2.75, 3.05) is 44.7 Å². The highest BCUT2D eigenvalue weighted by molar-refractivity contribution is 6.31. The fraction of sp³-hybridized carbons (Fsp3) is 0.500. The van der Waals surface area contributed by atoms with Crippen molar-refractivity contribution >= 4 is 40.3 Å². The number of carbonyl (C=O) groups is 2. The Morgan fingerprint density at radius 2 is 1.90 bits per heavy atom. The number of benzene rings is 1. The Hall–Kier alpha value is -3.70. The molecule has 11 nitrogen and oxygen atoms in total. The molecule has 3 aromatic rings. The summed E-state index contributed by atoms with van der Waals surface area (Å²) in [7, 11) is 3.18. The number of aryl methyl sites for hydroxylation is 1. The highest BCUT2D eigenvalue weighted by Crippen LogP contribution is 2.26. The Kier molecular flexibility index (Phi) is 11.1. The minimum atomic E-state index is -0.322. The number of amides is 2. The maximum atomic E-state index is 12.7. The number of rotatable bonds is 13. The lowest BCUT2D eigenvalue weighted by Crippen LogP contribution is -2.41. The minimum Gasteiger partial charge on any atom is -0.478 e. The van der Waals surface area contributed by atoms with Gasteiger partial charge in [0.1, 0.15) is 0 Å². The van der Waals surface area contributed by atoms with E-state index in [0.717, 1.165) is 61.5 Å². The smallest absolute Gasteiger partial charge is 0.293 e. The van der Waals surface area contributed by atoms with Crippen molar-refractivity contribution in [3.63, 3.8) is 0 Å². The van der Waals surface area contributed by atoms with Crippen molar-refractivity contribution in [2.45, 2.75) is 44.9 Å². The van der Waals surface area contributed by atoms with E-state index in [4.69, 9.17) is 27.1 Å². The topological polar surface area (TPSA) is 144 Å². The molecule has 0 bridgehead atoms. The molecule has 4 N–H and O–H groups in total. The molecule has 0 unspecified atom stereocenters. The number of likely N-dealkylation sites (N-methyl/N-ethyl adjacent to an activating group) is 1. The van der Waals surface area contributed by atoms with Crippen LogP contribution < -0.4 is 31.6 Å². The Labute approximate surface area is 250 Å². The van der Waals surface area contributed by atoms with E-state index in [2.05, 4.69) is 20.5 Å². The van der Waals surface area contributed by atoms with E-state index in [1.807, 2.05) is 18.2 Å². The number of piperidine rings is 1. The van der Waals surface area contributed by atoms with Gasteiger partial charge in [-0.05, 0) is 56.0 Å². The van der Waals surface area contributed by atoms with Crippen LogP contribution >= 0.6 is 11.6 Å². The van der Waals surface area contributed by atoms with Crippen LogP contribution in [0.2, 0.25) is 5.02 Å². The molecule has 0 atom stereocenters. The van der Waals surface area contributed by atoms with E-state index in [0.29, 0.717) is 42.7 Å². The predicted molar refractivity (Wildman–Crippen MR) is 164 cm³/mol. The molecule has 1 aliphatic rings. The molecule has 0 spiro atoms. The monoisotopic (exact) mass is 597 g/mol. The van der Waals surface area contributed by atoms with Gasteiger partial charge in [0.05, 0.1) is 22.4 Å². The number of pyridine rings is 1. The number of unbranched alkanes of at least 4 members (excludes halogenated alkanes) is 3. The van der Waals surface area contributed by atoms with Gasteiger partial charge in [0, 0.05) is 51.5 Å². The van der Waals surface area contributed by atoms with Gasteiger partial charge in [-0.15, -0.1) is 0 Å². The van der Waals surface area contributed by atoms with Gasteiger partial charge >= 0.3 is 0 Å². The normalized spacial score (nSPS) is 13.8. The van der Waals surface area contributed by atoms with Gasteiger partial charge in [-0.2, -0.15) is 0 Å². The van der Waals surface area contributed by atoms with Crippen molar-refractivity contribution in [3.8, 4) is 5.75 Å². The molecule has 1 aromatic carbocycles. The average Bonchev–Trinajstić information content (AvgIpc) is 3.00. The van der Waals surface area contributed by atoms with Crippen molar-refractivity contribution < 1.29 is 14.3 Å². The summed E-state index contributed by atoms with van der Waals surface area (Å²) < 4.78 is 6.98. The van der Waals surface area contributed by atoms with Gasteiger partial charge in [0.25, 0.3) is 11.5 Å². The number of anilines is 1. The zero-order valence-corrected chi connectivity index (χ0v) is 25.1. The van der Waals surface area contributed by atoms with Gasteiger partial charge in [0.2, 0.25) is 11.9 Å². The van der Waals surface area contributed by atoms with Crippen LogP contribution in [0, 0.1) is 5.92 Å². The third-order valence-corrected chi connectivity index (χ3v) is 7.96. The molecule has 0 radical (unpaired) electrons. The summed E-state index contributed by atoms with van der Waals surface area (Å²) in [6.45, 7) is 2.57. The second-order valence-electron chi connectivity index (χ2n) is 10.6. The number of fused-ring (bicyclic) bond motifs is 1. The van der Waals surface area contributed by atoms with Crippen molar-refractivity contribution in [1.82, 2.24) is 25.2 Å². The Morgan fingerprint density at radius 3 is 2.64 bits per heavy atom. The number of halogens is 1. The summed E-state index contributed by atoms with van der Waals surface area (Å²) in [6, 6.07) is 7.43. The van der Waals surface area contributed by atoms with E-state index in [1.165, 1.54) is 11.6 Å². The van der Waals surface area contributed by atoms with Crippen molar-refractivity contribution in [1.29, 1.82) is 0 Å². The average molecular weight is 598 g/mol. The van der Waals surface area contributed by atoms with Gasteiger partial charge in [-0.3, -0.25) is 14.4 Å². The quantitative estimate of drug-likeness (QED) is 0.255. The summed E-state index contributed by atoms with van der Waals surface area (Å²) in [5.74, 6) is 0.504. The maximum absolute atomic E-state index is 12.7. The van der Waals surface area contributed by atoms with Crippen LogP contribution in [0.5, 0.6) is 5.75 Å². The summed E-state index contributed by atoms with van der Waals surface area (Å²) in [5, 5.41) is 6.82. The molecule has 226 valence electrons. The molecule has 0 saturated carbocycles. The third-order valence-electron chi connectivity index (χ3n) is 7.65. The van der Waals surface area contributed by atoms with Crippen LogP contribution in [0.25, 0.3) is 10.9 Å². The molecule has 4 rings (SSSR count). The van der Waals surface area contributed by atoms with E-state index < -0.39 is 0 Å². The molecule has 2 aromatic heterocycles. The Balaban J connectivity index is 1.39. The van der Waals surface area contributed by atoms with Crippen LogP contribution in [0.1, 0.15) is 49.8 Å². The molecule has 1 saturated heterocycles. The first-order valence-electron chi connectivity index (χ1n) is 14.5. The zero-order valence-electron chi connectivity index (χ0n) is 24.3. The lowest BCUT2D eigenvalue weighted by molar-refractivity contribution is -0.125. The first-order valence-corrected chi connectivity index (χ1v) is 14.9. The Morgan fingerprint density at radius 1 is 1.14 bits per heavy atom. The minimum absolute atomic E-state index is 0.00384. The second-order valence-corrected chi connectivity index (χ2v) is 11.0. The molecule has 12 heteroatoms. The zero-order chi connectivity index (χ0) is 30.1. The molecule has 3 heterocycles. The number of nitrogens with zero attached hydrogens (tertiary/aromatic N) is 4. The predicted octanol–water partition coefficient (Wildman–Crippen LogP) is 2.55. The number of hydrogen-bond acceptors (Lipinski definition) is 8. The summed E-state index contributed by atoms with van der Waals surface area (Å²) in [4.78, 5) is 48.3. The van der Waals surface area contributed by atoms with Gasteiger partial charge in [-0.1, -0.05) is 30.5 Å². The van der Waals surface area contributed by atoms with Crippen LogP contribution in [0.4, 0.5) is 5.95 Å². The lowest BCUT2D eigenvalue weighted by Gasteiger charge is -2.31. The summed E-state index contributed by atoms with van der Waals surface area (Å²) in [5.41, 5.74) is 7.59. The molecular formula is C30H40ClN7O4. The van der Waals surface area contributed by atoms with Gasteiger partial charge in [0.15, 0.2) is 12.4 Å². The van der Waals surface area contributed by atoms with Crippen LogP contribution in [-0.4, -0.2) is 66.2 Å². The highest BCUT2D eigenvalue weighted by atomic mass is 35.5. The van der Waals surface area contributed by atoms with Crippen molar-refractivity contribution in [2.24, 2.45) is 18.7 Å². The molecule has 1 fully saturated rings. The highest BCUT2D eigenvalue weighted by Gasteiger charge is 2.26. The van der Waals surface area contributed by atoms with Crippen molar-refractivity contribution in [3.05, 3.63) is 57.1 Å². The summed E-state index contributed by atoms with van der Waals surface area (Å²) in [6.07, 6.45) is 7.77. The van der Waals surface area contributed by atoms with E-state index in [-0.39, 0.29) is 35.6 Å². The number of aromatic nitrogens is 3. The van der Waals surface area contributed by atoms with E-state index >= 15 is 0 Å². The second kappa shape index (κ2) is 15.0. The number of nitrogens with two attached hydrogens (primary N) is 1. The van der Waals surface area contributed by atoms with Gasteiger partial charge < -0.3 is 30.6 Å². The number of ether oxygens (including phenoxy) is 1. The van der Waals surface area contributed by atoms with Crippen LogP contribution in [0.15, 0.2) is 35.3 Å². The number of hydrogen-bond donors (Lipinski definition) is 3. The van der Waals surface area contributed by atoms with Crippen LogP contribution in [-0.2, 0) is 23.1 Å². The molecule has 1 aliphatic heterocycles. The maximum Gasteiger partial charge on any atom is 0.293 e. The number of carbonyl (C=O) groups excluding carboxylic acids is 2. The van der Waals surface area contributed by atoms with Crippen LogP contribution in [0.3, 0.4) is 0 Å². The standard InChI is InChI=1S/C30H40ClN7O4/c1-33-27(39)19-42-26-17-22-15-20(7-8-25(22)37(2)29(26)41)16-24-23(31)18-35-30(36-24)38-13-9-21(10-14-38)28(40)34-12-6-4-3-5-11-32/h7-8,15,17-18,21H,3-6,9-14,16,19,32H2,1-2H3,(H,33,39)(H,34,40). The number of nitrogens with one attached hydrogen (secondary N) is 2. The molecular weight excluding hydrogens is 558 g/mol. The first-order chi connectivity index (χ1) is 20.3. The van der Waals surface area contributed by atoms with E-state index in [1.54, 1.807) is 19.3 Å². The largest absolute Gasteiger partial charge is 0.478 e. The third kappa shape index (κ3) is 7.98. The fourth-order valence-electron chi connectivity index (χ4n) is 5.11. The Bertz CT molecular complexity index is 1450. The molecule has 42 heavy (non-hydrogen) atoms. The SMILES string of the molecule is CNC(=O)COc1cc2cc(Cc3nc(N4CCC(C(=O)NCCCCCCN)CC4)ncc3Cl)ccc2n(C)c1=O. The fourth-order valence-corrected chi connectivity index (χ4v) is 5.27.